The van der Waals surface area contributed by atoms with Crippen molar-refractivity contribution < 1.29 is 14.6 Å². The van der Waals surface area contributed by atoms with E-state index in [1.54, 1.807) is 20.1 Å². The number of carbonyl (C=O) groups is 1. The highest BCUT2D eigenvalue weighted by Crippen LogP contribution is 2.35. The fourth-order valence-electron chi connectivity index (χ4n) is 2.67. The lowest BCUT2D eigenvalue weighted by Crippen LogP contribution is -2.38. The molecule has 0 atom stereocenters. The van der Waals surface area contributed by atoms with Crippen molar-refractivity contribution in [3.05, 3.63) is 11.9 Å². The fraction of sp³-hybridized carbons (Fsp3) is 0.615. The zero-order valence-corrected chi connectivity index (χ0v) is 11.3. The quantitative estimate of drug-likeness (QED) is 0.847. The van der Waals surface area contributed by atoms with Gasteiger partial charge in [-0.05, 0) is 19.8 Å². The summed E-state index contributed by atoms with van der Waals surface area (Å²) in [6, 6.07) is 1.70. The monoisotopic (exact) mass is 265 g/mol. The number of carboxylic acids is 1. The van der Waals surface area contributed by atoms with Gasteiger partial charge in [0.15, 0.2) is 0 Å². The molecule has 2 rings (SSSR count). The first-order chi connectivity index (χ1) is 9.03. The minimum atomic E-state index is -0.785. The van der Waals surface area contributed by atoms with Crippen molar-refractivity contribution >= 4 is 11.8 Å². The number of aryl methyl sites for hydroxylation is 1. The zero-order chi connectivity index (χ0) is 13.9. The van der Waals surface area contributed by atoms with Crippen molar-refractivity contribution in [2.75, 3.05) is 12.4 Å². The van der Waals surface area contributed by atoms with Crippen LogP contribution in [-0.2, 0) is 4.79 Å². The molecule has 104 valence electrons. The van der Waals surface area contributed by atoms with Crippen molar-refractivity contribution in [1.29, 1.82) is 0 Å². The second kappa shape index (κ2) is 5.42. The van der Waals surface area contributed by atoms with Crippen molar-refractivity contribution in [3.63, 3.8) is 0 Å². The molecular formula is C13H19N3O3. The van der Waals surface area contributed by atoms with Crippen molar-refractivity contribution in [1.82, 2.24) is 9.97 Å². The van der Waals surface area contributed by atoms with Crippen LogP contribution in [0.1, 0.15) is 37.9 Å². The molecule has 1 fully saturated rings. The standard InChI is InChI=1S/C13H19N3O3/c1-9-14-10(7-11(15-9)19-2)16-13(8-12(17)18)5-3-4-6-13/h7H,3-6,8H2,1-2H3,(H,17,18)(H,14,15,16). The number of nitrogens with one attached hydrogen (secondary N) is 1. The van der Waals surface area contributed by atoms with Crippen LogP contribution in [0, 0.1) is 6.92 Å². The van der Waals surface area contributed by atoms with Gasteiger partial charge in [0.1, 0.15) is 11.6 Å². The molecule has 0 unspecified atom stereocenters. The Morgan fingerprint density at radius 3 is 2.74 bits per heavy atom. The third kappa shape index (κ3) is 3.33. The molecule has 2 N–H and O–H groups in total. The first kappa shape index (κ1) is 13.6. The lowest BCUT2D eigenvalue weighted by Gasteiger charge is -2.29. The normalized spacial score (nSPS) is 17.2. The predicted octanol–water partition coefficient (Wildman–Crippen LogP) is 1.99. The topological polar surface area (TPSA) is 84.3 Å². The maximum absolute atomic E-state index is 11.0. The van der Waals surface area contributed by atoms with Gasteiger partial charge in [0.05, 0.1) is 13.5 Å². The van der Waals surface area contributed by atoms with E-state index in [1.165, 1.54) is 0 Å². The van der Waals surface area contributed by atoms with E-state index in [-0.39, 0.29) is 6.42 Å². The average molecular weight is 265 g/mol. The number of anilines is 1. The summed E-state index contributed by atoms with van der Waals surface area (Å²) in [5.41, 5.74) is -0.391. The molecule has 0 radical (unpaired) electrons. The Labute approximate surface area is 112 Å². The van der Waals surface area contributed by atoms with Crippen LogP contribution in [0.15, 0.2) is 6.07 Å². The van der Waals surface area contributed by atoms with Crippen LogP contribution in [0.2, 0.25) is 0 Å². The van der Waals surface area contributed by atoms with E-state index in [9.17, 15) is 4.79 Å². The van der Waals surface area contributed by atoms with Crippen LogP contribution < -0.4 is 10.1 Å². The number of methoxy groups -OCH3 is 1. The first-order valence-electron chi connectivity index (χ1n) is 6.43. The number of ether oxygens (including phenoxy) is 1. The molecule has 19 heavy (non-hydrogen) atoms. The first-order valence-corrected chi connectivity index (χ1v) is 6.43. The molecule has 0 bridgehead atoms. The molecule has 0 saturated heterocycles. The van der Waals surface area contributed by atoms with Gasteiger partial charge in [-0.25, -0.2) is 4.98 Å². The van der Waals surface area contributed by atoms with Crippen LogP contribution in [0.5, 0.6) is 5.88 Å². The molecule has 1 aliphatic carbocycles. The van der Waals surface area contributed by atoms with Crippen LogP contribution in [0.25, 0.3) is 0 Å². The SMILES string of the molecule is COc1cc(NC2(CC(=O)O)CCCC2)nc(C)n1. The largest absolute Gasteiger partial charge is 0.481 e. The Bertz CT molecular complexity index is 470. The minimum Gasteiger partial charge on any atom is -0.481 e. The maximum Gasteiger partial charge on any atom is 0.305 e. The molecule has 6 heteroatoms. The number of hydrogen-bond donors (Lipinski definition) is 2. The summed E-state index contributed by atoms with van der Waals surface area (Å²) in [6.45, 7) is 1.78. The number of rotatable bonds is 5. The average Bonchev–Trinajstić information content (AvgIpc) is 2.75. The summed E-state index contributed by atoms with van der Waals surface area (Å²) >= 11 is 0. The van der Waals surface area contributed by atoms with Crippen molar-refractivity contribution in [2.24, 2.45) is 0 Å². The highest BCUT2D eigenvalue weighted by molar-refractivity contribution is 5.69. The van der Waals surface area contributed by atoms with E-state index in [0.29, 0.717) is 17.5 Å². The minimum absolute atomic E-state index is 0.109. The molecular weight excluding hydrogens is 246 g/mol. The van der Waals surface area contributed by atoms with Crippen LogP contribution >= 0.6 is 0 Å². The summed E-state index contributed by atoms with van der Waals surface area (Å²) in [6.07, 6.45) is 3.90. The van der Waals surface area contributed by atoms with Gasteiger partial charge in [0, 0.05) is 11.6 Å². The molecule has 1 heterocycles. The van der Waals surface area contributed by atoms with Crippen molar-refractivity contribution in [2.45, 2.75) is 44.6 Å². The van der Waals surface area contributed by atoms with E-state index in [0.717, 1.165) is 25.7 Å². The summed E-state index contributed by atoms with van der Waals surface area (Å²) in [5.74, 6) is 0.934. The van der Waals surface area contributed by atoms with Crippen LogP contribution in [0.4, 0.5) is 5.82 Å². The molecule has 0 amide bonds. The van der Waals surface area contributed by atoms with Crippen LogP contribution in [0.3, 0.4) is 0 Å². The van der Waals surface area contributed by atoms with E-state index < -0.39 is 11.5 Å². The van der Waals surface area contributed by atoms with Crippen LogP contribution in [-0.4, -0.2) is 33.7 Å². The lowest BCUT2D eigenvalue weighted by atomic mass is 9.93. The van der Waals surface area contributed by atoms with Gasteiger partial charge in [0.25, 0.3) is 0 Å². The van der Waals surface area contributed by atoms with E-state index in [4.69, 9.17) is 9.84 Å². The smallest absolute Gasteiger partial charge is 0.305 e. The fourth-order valence-corrected chi connectivity index (χ4v) is 2.67. The number of aromatic nitrogens is 2. The van der Waals surface area contributed by atoms with Gasteiger partial charge in [-0.15, -0.1) is 0 Å². The molecule has 0 aliphatic heterocycles. The highest BCUT2D eigenvalue weighted by Gasteiger charge is 2.36. The summed E-state index contributed by atoms with van der Waals surface area (Å²) in [5, 5.41) is 12.4. The second-order valence-electron chi connectivity index (χ2n) is 5.03. The van der Waals surface area contributed by atoms with E-state index >= 15 is 0 Å². The number of hydrogen-bond acceptors (Lipinski definition) is 5. The zero-order valence-electron chi connectivity index (χ0n) is 11.3. The predicted molar refractivity (Wildman–Crippen MR) is 70.4 cm³/mol. The summed E-state index contributed by atoms with van der Waals surface area (Å²) in [7, 11) is 1.55. The van der Waals surface area contributed by atoms with Gasteiger partial charge in [-0.2, -0.15) is 4.98 Å². The maximum atomic E-state index is 11.0. The molecule has 1 aliphatic rings. The third-order valence-electron chi connectivity index (χ3n) is 3.47. The molecule has 0 aromatic carbocycles. The van der Waals surface area contributed by atoms with E-state index in [2.05, 4.69) is 15.3 Å². The molecule has 0 spiro atoms. The Morgan fingerprint density at radius 2 is 2.16 bits per heavy atom. The molecule has 6 nitrogen and oxygen atoms in total. The number of aliphatic carboxylic acids is 1. The molecule has 1 aromatic heterocycles. The summed E-state index contributed by atoms with van der Waals surface area (Å²) < 4.78 is 5.11. The van der Waals surface area contributed by atoms with Crippen molar-refractivity contribution in [3.8, 4) is 5.88 Å². The molecule has 1 saturated carbocycles. The Hall–Kier alpha value is -1.85. The Kier molecular flexibility index (Phi) is 3.87. The third-order valence-corrected chi connectivity index (χ3v) is 3.47. The Balaban J connectivity index is 2.21. The lowest BCUT2D eigenvalue weighted by molar-refractivity contribution is -0.138. The van der Waals surface area contributed by atoms with Gasteiger partial charge in [-0.1, -0.05) is 12.8 Å². The number of carboxylic acid groups (broad SMARTS) is 1. The highest BCUT2D eigenvalue weighted by atomic mass is 16.5. The van der Waals surface area contributed by atoms with Gasteiger partial charge >= 0.3 is 5.97 Å². The van der Waals surface area contributed by atoms with Gasteiger partial charge in [0.2, 0.25) is 5.88 Å². The number of nitrogens with zero attached hydrogens (tertiary/aromatic N) is 2. The van der Waals surface area contributed by atoms with Gasteiger partial charge < -0.3 is 15.2 Å². The second-order valence-corrected chi connectivity index (χ2v) is 5.03. The van der Waals surface area contributed by atoms with E-state index in [1.807, 2.05) is 0 Å². The Morgan fingerprint density at radius 1 is 1.47 bits per heavy atom. The van der Waals surface area contributed by atoms with Gasteiger partial charge in [-0.3, -0.25) is 4.79 Å². The molecule has 1 aromatic rings. The summed E-state index contributed by atoms with van der Waals surface area (Å²) in [4.78, 5) is 19.5.